The molecule has 22 heavy (non-hydrogen) atoms. The summed E-state index contributed by atoms with van der Waals surface area (Å²) in [4.78, 5) is 14.9. The highest BCUT2D eigenvalue weighted by Crippen LogP contribution is 2.30. The summed E-state index contributed by atoms with van der Waals surface area (Å²) >= 11 is 0. The Balaban J connectivity index is 1.37. The standard InChI is InChI=1S/C18H27N3O/c1-14(13-19-16-5-3-2-4-6-16)20-18(22)15-9-11-21(12-10-15)17-7-8-17/h2-6,14-15,17,19H,7-13H2,1H3,(H,20,22)/t14-/m0/s1. The maximum Gasteiger partial charge on any atom is 0.223 e. The summed E-state index contributed by atoms with van der Waals surface area (Å²) in [5, 5.41) is 6.52. The van der Waals surface area contributed by atoms with Crippen LogP contribution in [0.15, 0.2) is 30.3 Å². The van der Waals surface area contributed by atoms with Crippen LogP contribution in [0.4, 0.5) is 5.69 Å². The van der Waals surface area contributed by atoms with Crippen molar-refractivity contribution in [2.75, 3.05) is 25.0 Å². The molecule has 3 rings (SSSR count). The zero-order valence-electron chi connectivity index (χ0n) is 13.4. The number of para-hydroxylation sites is 1. The van der Waals surface area contributed by atoms with Crippen LogP contribution >= 0.6 is 0 Å². The van der Waals surface area contributed by atoms with Gasteiger partial charge >= 0.3 is 0 Å². The lowest BCUT2D eigenvalue weighted by Crippen LogP contribution is -2.45. The number of anilines is 1. The molecule has 1 atom stereocenters. The lowest BCUT2D eigenvalue weighted by molar-refractivity contribution is -0.127. The van der Waals surface area contributed by atoms with E-state index in [2.05, 4.69) is 22.5 Å². The number of piperidine rings is 1. The molecule has 1 amide bonds. The highest BCUT2D eigenvalue weighted by atomic mass is 16.1. The third-order valence-electron chi connectivity index (χ3n) is 4.74. The monoisotopic (exact) mass is 301 g/mol. The number of hydrogen-bond acceptors (Lipinski definition) is 3. The first kappa shape index (κ1) is 15.3. The van der Waals surface area contributed by atoms with Gasteiger partial charge in [-0.2, -0.15) is 0 Å². The fraction of sp³-hybridized carbons (Fsp3) is 0.611. The Morgan fingerprint density at radius 3 is 2.50 bits per heavy atom. The van der Waals surface area contributed by atoms with Crippen LogP contribution in [0.3, 0.4) is 0 Å². The Morgan fingerprint density at radius 1 is 1.18 bits per heavy atom. The molecule has 0 aromatic heterocycles. The average molecular weight is 301 g/mol. The number of likely N-dealkylation sites (tertiary alicyclic amines) is 1. The minimum absolute atomic E-state index is 0.147. The summed E-state index contributed by atoms with van der Waals surface area (Å²) < 4.78 is 0. The zero-order chi connectivity index (χ0) is 15.4. The molecule has 0 radical (unpaired) electrons. The first-order valence-electron chi connectivity index (χ1n) is 8.55. The molecule has 4 heteroatoms. The Bertz CT molecular complexity index is 478. The molecule has 2 N–H and O–H groups in total. The third kappa shape index (κ3) is 4.23. The minimum Gasteiger partial charge on any atom is -0.383 e. The molecule has 1 heterocycles. The van der Waals surface area contributed by atoms with Crippen molar-refractivity contribution in [2.45, 2.75) is 44.7 Å². The van der Waals surface area contributed by atoms with Crippen molar-refractivity contribution in [3.05, 3.63) is 30.3 Å². The number of carbonyl (C=O) groups excluding carboxylic acids is 1. The molecule has 0 unspecified atom stereocenters. The number of rotatable bonds is 6. The normalized spacial score (nSPS) is 21.3. The number of hydrogen-bond donors (Lipinski definition) is 2. The van der Waals surface area contributed by atoms with Crippen molar-refractivity contribution in [3.63, 3.8) is 0 Å². The molecule has 1 aromatic carbocycles. The fourth-order valence-electron chi connectivity index (χ4n) is 3.21. The van der Waals surface area contributed by atoms with Gasteiger partial charge in [-0.15, -0.1) is 0 Å². The van der Waals surface area contributed by atoms with Crippen molar-refractivity contribution in [1.29, 1.82) is 0 Å². The number of nitrogens with one attached hydrogen (secondary N) is 2. The summed E-state index contributed by atoms with van der Waals surface area (Å²) in [5.41, 5.74) is 1.10. The van der Waals surface area contributed by atoms with Gasteiger partial charge in [-0.1, -0.05) is 18.2 Å². The van der Waals surface area contributed by atoms with Crippen molar-refractivity contribution in [3.8, 4) is 0 Å². The van der Waals surface area contributed by atoms with E-state index in [1.54, 1.807) is 0 Å². The van der Waals surface area contributed by atoms with Crippen LogP contribution in [0.25, 0.3) is 0 Å². The zero-order valence-corrected chi connectivity index (χ0v) is 13.4. The molecule has 0 bridgehead atoms. The van der Waals surface area contributed by atoms with E-state index in [-0.39, 0.29) is 17.9 Å². The summed E-state index contributed by atoms with van der Waals surface area (Å²) in [5.74, 6) is 0.437. The highest BCUT2D eigenvalue weighted by Gasteiger charge is 2.33. The molecule has 1 aliphatic carbocycles. The van der Waals surface area contributed by atoms with Gasteiger partial charge in [-0.05, 0) is 57.8 Å². The lowest BCUT2D eigenvalue weighted by atomic mass is 9.95. The maximum atomic E-state index is 12.4. The minimum atomic E-state index is 0.147. The largest absolute Gasteiger partial charge is 0.383 e. The van der Waals surface area contributed by atoms with E-state index in [1.807, 2.05) is 30.3 Å². The van der Waals surface area contributed by atoms with Gasteiger partial charge < -0.3 is 15.5 Å². The Morgan fingerprint density at radius 2 is 1.86 bits per heavy atom. The second-order valence-corrected chi connectivity index (χ2v) is 6.70. The summed E-state index contributed by atoms with van der Waals surface area (Å²) in [6.45, 7) is 5.02. The predicted molar refractivity (Wildman–Crippen MR) is 89.9 cm³/mol. The fourth-order valence-corrected chi connectivity index (χ4v) is 3.21. The maximum absolute atomic E-state index is 12.4. The van der Waals surface area contributed by atoms with E-state index < -0.39 is 0 Å². The Labute approximate surface area is 133 Å². The summed E-state index contributed by atoms with van der Waals surface area (Å²) in [7, 11) is 0. The topological polar surface area (TPSA) is 44.4 Å². The van der Waals surface area contributed by atoms with E-state index in [0.717, 1.165) is 44.2 Å². The average Bonchev–Trinajstić information content (AvgIpc) is 3.39. The Hall–Kier alpha value is -1.55. The third-order valence-corrected chi connectivity index (χ3v) is 4.74. The Kier molecular flexibility index (Phi) is 4.98. The van der Waals surface area contributed by atoms with Crippen LogP contribution in [0.2, 0.25) is 0 Å². The van der Waals surface area contributed by atoms with E-state index in [4.69, 9.17) is 0 Å². The van der Waals surface area contributed by atoms with Gasteiger partial charge in [-0.3, -0.25) is 4.79 Å². The molecule has 1 aliphatic heterocycles. The van der Waals surface area contributed by atoms with E-state index in [1.165, 1.54) is 12.8 Å². The number of amides is 1. The van der Waals surface area contributed by atoms with Gasteiger partial charge in [0, 0.05) is 30.2 Å². The second-order valence-electron chi connectivity index (χ2n) is 6.70. The van der Waals surface area contributed by atoms with Gasteiger partial charge in [0.25, 0.3) is 0 Å². The SMILES string of the molecule is C[C@@H](CNc1ccccc1)NC(=O)C1CCN(C2CC2)CC1. The van der Waals surface area contributed by atoms with Crippen molar-refractivity contribution in [1.82, 2.24) is 10.2 Å². The predicted octanol–water partition coefficient (Wildman–Crippen LogP) is 2.48. The summed E-state index contributed by atoms with van der Waals surface area (Å²) in [6, 6.07) is 11.1. The van der Waals surface area contributed by atoms with Crippen LogP contribution < -0.4 is 10.6 Å². The van der Waals surface area contributed by atoms with E-state index in [0.29, 0.717) is 0 Å². The molecular formula is C18H27N3O. The molecule has 1 saturated heterocycles. The van der Waals surface area contributed by atoms with Crippen LogP contribution in [0, 0.1) is 5.92 Å². The molecule has 1 saturated carbocycles. The van der Waals surface area contributed by atoms with Gasteiger partial charge in [-0.25, -0.2) is 0 Å². The molecular weight excluding hydrogens is 274 g/mol. The molecule has 1 aromatic rings. The number of carbonyl (C=O) groups is 1. The van der Waals surface area contributed by atoms with Crippen LogP contribution in [-0.4, -0.2) is 42.5 Å². The molecule has 2 fully saturated rings. The van der Waals surface area contributed by atoms with Gasteiger partial charge in [0.15, 0.2) is 0 Å². The van der Waals surface area contributed by atoms with Crippen molar-refractivity contribution in [2.24, 2.45) is 5.92 Å². The van der Waals surface area contributed by atoms with Gasteiger partial charge in [0.2, 0.25) is 5.91 Å². The quantitative estimate of drug-likeness (QED) is 0.848. The number of nitrogens with zero attached hydrogens (tertiary/aromatic N) is 1. The van der Waals surface area contributed by atoms with Crippen LogP contribution in [0.5, 0.6) is 0 Å². The van der Waals surface area contributed by atoms with Crippen LogP contribution in [-0.2, 0) is 4.79 Å². The molecule has 120 valence electrons. The highest BCUT2D eigenvalue weighted by molar-refractivity contribution is 5.79. The molecule has 4 nitrogen and oxygen atoms in total. The second kappa shape index (κ2) is 7.14. The summed E-state index contributed by atoms with van der Waals surface area (Å²) in [6.07, 6.45) is 4.75. The lowest BCUT2D eigenvalue weighted by Gasteiger charge is -2.31. The molecule has 0 spiro atoms. The van der Waals surface area contributed by atoms with Crippen molar-refractivity contribution < 1.29 is 4.79 Å². The van der Waals surface area contributed by atoms with Crippen LogP contribution in [0.1, 0.15) is 32.6 Å². The first-order chi connectivity index (χ1) is 10.7. The number of benzene rings is 1. The van der Waals surface area contributed by atoms with E-state index >= 15 is 0 Å². The van der Waals surface area contributed by atoms with Gasteiger partial charge in [0.05, 0.1) is 0 Å². The first-order valence-corrected chi connectivity index (χ1v) is 8.55. The van der Waals surface area contributed by atoms with Gasteiger partial charge in [0.1, 0.15) is 0 Å². The smallest absolute Gasteiger partial charge is 0.223 e. The van der Waals surface area contributed by atoms with E-state index in [9.17, 15) is 4.79 Å². The molecule has 2 aliphatic rings. The van der Waals surface area contributed by atoms with Crippen molar-refractivity contribution >= 4 is 11.6 Å².